The molecule has 0 spiro atoms. The van der Waals surface area contributed by atoms with E-state index in [4.69, 9.17) is 0 Å². The molecule has 0 aromatic carbocycles. The highest BCUT2D eigenvalue weighted by molar-refractivity contribution is 5.06. The van der Waals surface area contributed by atoms with E-state index in [9.17, 15) is 5.26 Å². The molecule has 2 nitrogen and oxygen atoms in total. The summed E-state index contributed by atoms with van der Waals surface area (Å²) < 4.78 is 0. The van der Waals surface area contributed by atoms with Crippen molar-refractivity contribution in [2.45, 2.75) is 33.8 Å². The molecule has 0 amide bonds. The lowest BCUT2D eigenvalue weighted by Gasteiger charge is -2.09. The summed E-state index contributed by atoms with van der Waals surface area (Å²) in [5.74, 6) is 0.761. The zero-order chi connectivity index (χ0) is 10.3. The summed E-state index contributed by atoms with van der Waals surface area (Å²) in [7, 11) is 0. The summed E-state index contributed by atoms with van der Waals surface area (Å²) in [4.78, 5) is 4.05. The first-order valence-electron chi connectivity index (χ1n) is 4.71. The summed E-state index contributed by atoms with van der Waals surface area (Å²) in [5, 5.41) is 10.2. The Bertz CT molecular complexity index is 169. The molecule has 1 atom stereocenters. The van der Waals surface area contributed by atoms with Gasteiger partial charge in [-0.05, 0) is 17.1 Å². The smallest absolute Gasteiger partial charge is 0.117 e. The van der Waals surface area contributed by atoms with Gasteiger partial charge in [0.15, 0.2) is 0 Å². The van der Waals surface area contributed by atoms with Crippen LogP contribution in [0.2, 0.25) is 0 Å². The molecular formula is C11H19O2. The molecule has 0 aromatic heterocycles. The monoisotopic (exact) mass is 183 g/mol. The Balaban J connectivity index is 3.93. The Morgan fingerprint density at radius 3 is 1.92 bits per heavy atom. The van der Waals surface area contributed by atoms with Crippen molar-refractivity contribution in [3.05, 3.63) is 24.3 Å². The SMILES string of the molecule is CC(C)/C=C/C=C/C(O[O])C(C)C. The minimum absolute atomic E-state index is 0.223. The number of rotatable bonds is 5. The molecular weight excluding hydrogens is 164 g/mol. The molecule has 0 N–H and O–H groups in total. The van der Waals surface area contributed by atoms with Crippen molar-refractivity contribution in [2.24, 2.45) is 11.8 Å². The van der Waals surface area contributed by atoms with Crippen molar-refractivity contribution in [1.29, 1.82) is 0 Å². The second-order valence-electron chi connectivity index (χ2n) is 3.82. The maximum atomic E-state index is 10.2. The van der Waals surface area contributed by atoms with Crippen LogP contribution in [0.1, 0.15) is 27.7 Å². The van der Waals surface area contributed by atoms with Crippen molar-refractivity contribution in [1.82, 2.24) is 0 Å². The standard InChI is InChI=1S/C11H19O2/c1-9(2)7-5-6-8-11(13-12)10(3)4/h5-11H,1-4H3/b7-5+,8-6+. The molecule has 1 unspecified atom stereocenters. The van der Waals surface area contributed by atoms with Crippen LogP contribution in [0.25, 0.3) is 0 Å². The van der Waals surface area contributed by atoms with Gasteiger partial charge in [-0.25, -0.2) is 0 Å². The maximum absolute atomic E-state index is 10.2. The third-order valence-electron chi connectivity index (χ3n) is 1.68. The lowest BCUT2D eigenvalue weighted by molar-refractivity contribution is -0.331. The molecule has 0 aliphatic rings. The quantitative estimate of drug-likeness (QED) is 0.366. The summed E-state index contributed by atoms with van der Waals surface area (Å²) >= 11 is 0. The lowest BCUT2D eigenvalue weighted by atomic mass is 10.1. The van der Waals surface area contributed by atoms with E-state index in [0.29, 0.717) is 5.92 Å². The van der Waals surface area contributed by atoms with Gasteiger partial charge in [0.2, 0.25) is 0 Å². The van der Waals surface area contributed by atoms with Crippen LogP contribution in [0.4, 0.5) is 0 Å². The van der Waals surface area contributed by atoms with E-state index in [2.05, 4.69) is 24.8 Å². The molecule has 0 aromatic rings. The molecule has 0 heterocycles. The Hall–Kier alpha value is -0.600. The van der Waals surface area contributed by atoms with Gasteiger partial charge in [-0.3, -0.25) is 0 Å². The summed E-state index contributed by atoms with van der Waals surface area (Å²) in [6, 6.07) is 0. The van der Waals surface area contributed by atoms with Gasteiger partial charge in [0.05, 0.1) is 0 Å². The van der Waals surface area contributed by atoms with Crippen molar-refractivity contribution < 1.29 is 10.1 Å². The Morgan fingerprint density at radius 2 is 1.54 bits per heavy atom. The first-order valence-corrected chi connectivity index (χ1v) is 4.71. The van der Waals surface area contributed by atoms with Crippen molar-refractivity contribution >= 4 is 0 Å². The molecule has 2 heteroatoms. The van der Waals surface area contributed by atoms with Gasteiger partial charge >= 0.3 is 0 Å². The van der Waals surface area contributed by atoms with Gasteiger partial charge in [-0.15, -0.1) is 0 Å². The Kier molecular flexibility index (Phi) is 6.55. The maximum Gasteiger partial charge on any atom is 0.117 e. The van der Waals surface area contributed by atoms with Crippen LogP contribution in [0, 0.1) is 11.8 Å². The minimum Gasteiger partial charge on any atom is -0.196 e. The fraction of sp³-hybridized carbons (Fsp3) is 0.636. The summed E-state index contributed by atoms with van der Waals surface area (Å²) in [6.45, 7) is 8.13. The van der Waals surface area contributed by atoms with Gasteiger partial charge in [-0.1, -0.05) is 52.0 Å². The number of hydrogen-bond acceptors (Lipinski definition) is 1. The van der Waals surface area contributed by atoms with E-state index in [1.54, 1.807) is 6.08 Å². The van der Waals surface area contributed by atoms with Crippen LogP contribution in [0.5, 0.6) is 0 Å². The predicted molar refractivity (Wildman–Crippen MR) is 53.5 cm³/mol. The molecule has 0 rings (SSSR count). The fourth-order valence-electron chi connectivity index (χ4n) is 0.825. The molecule has 13 heavy (non-hydrogen) atoms. The van der Waals surface area contributed by atoms with E-state index in [0.717, 1.165) is 0 Å². The zero-order valence-corrected chi connectivity index (χ0v) is 8.86. The number of allylic oxidation sites excluding steroid dienone is 3. The highest BCUT2D eigenvalue weighted by Gasteiger charge is 2.09. The molecule has 0 saturated heterocycles. The summed E-state index contributed by atoms with van der Waals surface area (Å²) in [5.41, 5.74) is 0. The molecule has 0 bridgehead atoms. The third kappa shape index (κ3) is 6.55. The normalized spacial score (nSPS) is 15.3. The Labute approximate surface area is 80.8 Å². The molecule has 0 fully saturated rings. The first-order chi connectivity index (χ1) is 6.07. The largest absolute Gasteiger partial charge is 0.196 e. The highest BCUT2D eigenvalue weighted by atomic mass is 17.1. The Morgan fingerprint density at radius 1 is 1.00 bits per heavy atom. The van der Waals surface area contributed by atoms with E-state index in [-0.39, 0.29) is 12.0 Å². The second-order valence-corrected chi connectivity index (χ2v) is 3.82. The predicted octanol–water partition coefficient (Wildman–Crippen LogP) is 3.14. The van der Waals surface area contributed by atoms with Gasteiger partial charge in [0.25, 0.3) is 0 Å². The van der Waals surface area contributed by atoms with Gasteiger partial charge < -0.3 is 0 Å². The van der Waals surface area contributed by atoms with Crippen LogP contribution < -0.4 is 0 Å². The third-order valence-corrected chi connectivity index (χ3v) is 1.68. The van der Waals surface area contributed by atoms with Crippen LogP contribution in [0.3, 0.4) is 0 Å². The lowest BCUT2D eigenvalue weighted by Crippen LogP contribution is -2.13. The molecule has 1 radical (unpaired) electrons. The van der Waals surface area contributed by atoms with Crippen LogP contribution in [0.15, 0.2) is 24.3 Å². The van der Waals surface area contributed by atoms with Gasteiger partial charge in [-0.2, -0.15) is 4.89 Å². The van der Waals surface area contributed by atoms with Crippen LogP contribution in [-0.4, -0.2) is 6.10 Å². The number of hydrogen-bond donors (Lipinski definition) is 0. The molecule has 0 saturated carbocycles. The topological polar surface area (TPSA) is 29.1 Å². The second kappa shape index (κ2) is 6.87. The van der Waals surface area contributed by atoms with E-state index < -0.39 is 0 Å². The molecule has 0 aliphatic carbocycles. The van der Waals surface area contributed by atoms with Crippen LogP contribution >= 0.6 is 0 Å². The zero-order valence-electron chi connectivity index (χ0n) is 8.86. The van der Waals surface area contributed by atoms with Gasteiger partial charge in [0, 0.05) is 0 Å². The van der Waals surface area contributed by atoms with Gasteiger partial charge in [0.1, 0.15) is 6.10 Å². The summed E-state index contributed by atoms with van der Waals surface area (Å²) in [6.07, 6.45) is 7.34. The van der Waals surface area contributed by atoms with E-state index >= 15 is 0 Å². The fourth-order valence-corrected chi connectivity index (χ4v) is 0.825. The molecule has 75 valence electrons. The van der Waals surface area contributed by atoms with Crippen molar-refractivity contribution in [3.63, 3.8) is 0 Å². The highest BCUT2D eigenvalue weighted by Crippen LogP contribution is 2.07. The average molecular weight is 183 g/mol. The molecule has 0 aliphatic heterocycles. The minimum atomic E-state index is -0.322. The van der Waals surface area contributed by atoms with Crippen molar-refractivity contribution in [3.8, 4) is 0 Å². The van der Waals surface area contributed by atoms with Crippen molar-refractivity contribution in [2.75, 3.05) is 0 Å². The average Bonchev–Trinajstić information content (AvgIpc) is 2.03. The first kappa shape index (κ1) is 12.4. The van der Waals surface area contributed by atoms with Crippen LogP contribution in [-0.2, 0) is 10.1 Å². The van der Waals surface area contributed by atoms with E-state index in [1.807, 2.05) is 26.0 Å². The van der Waals surface area contributed by atoms with E-state index in [1.165, 1.54) is 0 Å².